The maximum Gasteiger partial charge on any atom is 0.0898 e. The molecular weight excluding hydrogens is 252 g/mol. The van der Waals surface area contributed by atoms with Crippen LogP contribution in [0.15, 0.2) is 24.5 Å². The summed E-state index contributed by atoms with van der Waals surface area (Å²) in [5, 5.41) is 13.9. The van der Waals surface area contributed by atoms with Crippen molar-refractivity contribution in [1.82, 2.24) is 15.2 Å². The molecule has 0 saturated carbocycles. The molecule has 2 saturated heterocycles. The van der Waals surface area contributed by atoms with Crippen LogP contribution in [0.3, 0.4) is 0 Å². The van der Waals surface area contributed by atoms with Crippen molar-refractivity contribution in [2.45, 2.75) is 18.4 Å². The lowest BCUT2D eigenvalue weighted by Gasteiger charge is -2.41. The number of piperazine rings is 1. The Bertz CT molecular complexity index is 411. The second-order valence-corrected chi connectivity index (χ2v) is 5.98. The van der Waals surface area contributed by atoms with Crippen LogP contribution in [0.2, 0.25) is 0 Å². The molecule has 3 heterocycles. The number of anilines is 1. The van der Waals surface area contributed by atoms with Gasteiger partial charge in [0.15, 0.2) is 0 Å². The van der Waals surface area contributed by atoms with Gasteiger partial charge >= 0.3 is 0 Å². The zero-order valence-corrected chi connectivity index (χ0v) is 12.0. The number of aliphatic hydroxyl groups is 1. The van der Waals surface area contributed by atoms with Crippen LogP contribution in [0.4, 0.5) is 5.69 Å². The quantitative estimate of drug-likeness (QED) is 0.832. The third kappa shape index (κ3) is 3.29. The number of hydrogen-bond donors (Lipinski definition) is 2. The molecule has 3 rings (SSSR count). The van der Waals surface area contributed by atoms with E-state index in [4.69, 9.17) is 0 Å². The van der Waals surface area contributed by atoms with Gasteiger partial charge in [-0.15, -0.1) is 0 Å². The molecule has 0 bridgehead atoms. The van der Waals surface area contributed by atoms with E-state index in [0.717, 1.165) is 58.7 Å². The standard InChI is InChI=1S/C15H24N4O/c20-15(4-2-6-17-12-15)13-18-7-9-19(10-8-18)14-3-1-5-16-11-14/h1,3,5,11,17,20H,2,4,6-10,12-13H2/t15-/m0/s1. The van der Waals surface area contributed by atoms with Gasteiger partial charge in [0.05, 0.1) is 17.5 Å². The summed E-state index contributed by atoms with van der Waals surface area (Å²) in [6, 6.07) is 4.10. The van der Waals surface area contributed by atoms with Crippen molar-refractivity contribution in [3.05, 3.63) is 24.5 Å². The van der Waals surface area contributed by atoms with Crippen LogP contribution < -0.4 is 10.2 Å². The Morgan fingerprint density at radius 1 is 1.30 bits per heavy atom. The fourth-order valence-electron chi connectivity index (χ4n) is 3.21. The molecule has 0 amide bonds. The third-order valence-corrected chi connectivity index (χ3v) is 4.35. The Hall–Kier alpha value is -1.17. The molecule has 0 aromatic carbocycles. The number of nitrogens with zero attached hydrogens (tertiary/aromatic N) is 3. The van der Waals surface area contributed by atoms with Gasteiger partial charge in [0.25, 0.3) is 0 Å². The molecule has 0 spiro atoms. The van der Waals surface area contributed by atoms with E-state index in [-0.39, 0.29) is 0 Å². The molecule has 2 fully saturated rings. The Balaban J connectivity index is 1.51. The molecule has 1 atom stereocenters. The second kappa shape index (κ2) is 6.08. The van der Waals surface area contributed by atoms with Crippen LogP contribution in [0.5, 0.6) is 0 Å². The Labute approximate surface area is 120 Å². The highest BCUT2D eigenvalue weighted by molar-refractivity contribution is 5.44. The maximum atomic E-state index is 10.6. The first kappa shape index (κ1) is 13.8. The van der Waals surface area contributed by atoms with Gasteiger partial charge in [-0.2, -0.15) is 0 Å². The summed E-state index contributed by atoms with van der Waals surface area (Å²) in [4.78, 5) is 8.94. The lowest BCUT2D eigenvalue weighted by atomic mass is 9.93. The van der Waals surface area contributed by atoms with Crippen LogP contribution in [0, 0.1) is 0 Å². The molecule has 1 aromatic rings. The number of pyridine rings is 1. The molecule has 0 aliphatic carbocycles. The van der Waals surface area contributed by atoms with Crippen LogP contribution >= 0.6 is 0 Å². The van der Waals surface area contributed by atoms with Gasteiger partial charge in [0.2, 0.25) is 0 Å². The van der Waals surface area contributed by atoms with E-state index in [9.17, 15) is 5.11 Å². The van der Waals surface area contributed by atoms with E-state index in [1.54, 1.807) is 0 Å². The predicted molar refractivity (Wildman–Crippen MR) is 79.9 cm³/mol. The molecule has 0 radical (unpaired) electrons. The van der Waals surface area contributed by atoms with Crippen molar-refractivity contribution >= 4 is 5.69 Å². The average Bonchev–Trinajstić information content (AvgIpc) is 2.49. The number of rotatable bonds is 3. The lowest BCUT2D eigenvalue weighted by molar-refractivity contribution is -0.0164. The first-order chi connectivity index (χ1) is 9.75. The van der Waals surface area contributed by atoms with Crippen LogP contribution in [0.25, 0.3) is 0 Å². The zero-order chi connectivity index (χ0) is 13.8. The largest absolute Gasteiger partial charge is 0.387 e. The molecule has 2 aliphatic rings. The molecule has 2 N–H and O–H groups in total. The van der Waals surface area contributed by atoms with Crippen molar-refractivity contribution in [3.63, 3.8) is 0 Å². The van der Waals surface area contributed by atoms with E-state index < -0.39 is 5.60 Å². The topological polar surface area (TPSA) is 51.6 Å². The van der Waals surface area contributed by atoms with Crippen molar-refractivity contribution in [3.8, 4) is 0 Å². The number of aromatic nitrogens is 1. The zero-order valence-electron chi connectivity index (χ0n) is 12.0. The Morgan fingerprint density at radius 3 is 2.80 bits per heavy atom. The summed E-state index contributed by atoms with van der Waals surface area (Å²) in [7, 11) is 0. The predicted octanol–water partition coefficient (Wildman–Crippen LogP) is 0.318. The molecule has 0 unspecified atom stereocenters. The average molecular weight is 276 g/mol. The smallest absolute Gasteiger partial charge is 0.0898 e. The molecule has 5 nitrogen and oxygen atoms in total. The normalized spacial score (nSPS) is 28.6. The molecule has 2 aliphatic heterocycles. The minimum absolute atomic E-state index is 0.533. The van der Waals surface area contributed by atoms with Gasteiger partial charge in [-0.25, -0.2) is 0 Å². The van der Waals surface area contributed by atoms with Gasteiger partial charge in [-0.05, 0) is 31.5 Å². The summed E-state index contributed by atoms with van der Waals surface area (Å²) in [6.07, 6.45) is 5.73. The monoisotopic (exact) mass is 276 g/mol. The van der Waals surface area contributed by atoms with E-state index in [0.29, 0.717) is 0 Å². The van der Waals surface area contributed by atoms with Crippen molar-refractivity contribution in [1.29, 1.82) is 0 Å². The van der Waals surface area contributed by atoms with E-state index in [2.05, 4.69) is 26.2 Å². The summed E-state index contributed by atoms with van der Waals surface area (Å²) in [5.74, 6) is 0. The first-order valence-electron chi connectivity index (χ1n) is 7.56. The summed E-state index contributed by atoms with van der Waals surface area (Å²) in [5.41, 5.74) is 0.666. The van der Waals surface area contributed by atoms with Crippen LogP contribution in [-0.2, 0) is 0 Å². The van der Waals surface area contributed by atoms with Gasteiger partial charge in [0, 0.05) is 45.5 Å². The van der Waals surface area contributed by atoms with Crippen molar-refractivity contribution in [2.24, 2.45) is 0 Å². The minimum atomic E-state index is -0.533. The number of hydrogen-bond acceptors (Lipinski definition) is 5. The maximum absolute atomic E-state index is 10.6. The molecule has 1 aromatic heterocycles. The highest BCUT2D eigenvalue weighted by Gasteiger charge is 2.32. The fraction of sp³-hybridized carbons (Fsp3) is 0.667. The Morgan fingerprint density at radius 2 is 2.15 bits per heavy atom. The summed E-state index contributed by atoms with van der Waals surface area (Å²) in [6.45, 7) is 6.60. The van der Waals surface area contributed by atoms with E-state index in [1.807, 2.05) is 18.5 Å². The molecule has 5 heteroatoms. The number of nitrogens with one attached hydrogen (secondary N) is 1. The number of β-amino-alcohol motifs (C(OH)–C–C–N with tert-alkyl or cyclic N) is 1. The highest BCUT2D eigenvalue weighted by atomic mass is 16.3. The highest BCUT2D eigenvalue weighted by Crippen LogP contribution is 2.20. The van der Waals surface area contributed by atoms with E-state index in [1.165, 1.54) is 5.69 Å². The van der Waals surface area contributed by atoms with Gasteiger partial charge in [-0.1, -0.05) is 0 Å². The third-order valence-electron chi connectivity index (χ3n) is 4.35. The second-order valence-electron chi connectivity index (χ2n) is 5.98. The van der Waals surface area contributed by atoms with Gasteiger partial charge in [0.1, 0.15) is 0 Å². The van der Waals surface area contributed by atoms with Crippen molar-refractivity contribution in [2.75, 3.05) is 50.7 Å². The van der Waals surface area contributed by atoms with Crippen molar-refractivity contribution < 1.29 is 5.11 Å². The SMILES string of the molecule is O[C@@]1(CN2CCN(c3cccnc3)CC2)CCCNC1. The Kier molecular flexibility index (Phi) is 4.19. The molecule has 20 heavy (non-hydrogen) atoms. The summed E-state index contributed by atoms with van der Waals surface area (Å²) >= 11 is 0. The lowest BCUT2D eigenvalue weighted by Crippen LogP contribution is -2.56. The fourth-order valence-corrected chi connectivity index (χ4v) is 3.21. The molecule has 110 valence electrons. The summed E-state index contributed by atoms with van der Waals surface area (Å²) < 4.78 is 0. The van der Waals surface area contributed by atoms with E-state index >= 15 is 0 Å². The van der Waals surface area contributed by atoms with Crippen LogP contribution in [0.1, 0.15) is 12.8 Å². The molecular formula is C15H24N4O. The van der Waals surface area contributed by atoms with Gasteiger partial charge < -0.3 is 15.3 Å². The first-order valence-corrected chi connectivity index (χ1v) is 7.56. The number of piperidine rings is 1. The van der Waals surface area contributed by atoms with Gasteiger partial charge in [-0.3, -0.25) is 9.88 Å². The van der Waals surface area contributed by atoms with Crippen LogP contribution in [-0.4, -0.2) is 66.4 Å². The minimum Gasteiger partial charge on any atom is -0.387 e.